The molecule has 7 heteroatoms. The monoisotopic (exact) mass is 373 g/mol. The molecular weight excluding hydrogens is 354 g/mol. The van der Waals surface area contributed by atoms with Crippen LogP contribution in [0.2, 0.25) is 5.02 Å². The highest BCUT2D eigenvalue weighted by atomic mass is 35.5. The maximum atomic E-state index is 12.9. The van der Waals surface area contributed by atoms with Gasteiger partial charge in [0.25, 0.3) is 5.91 Å². The van der Waals surface area contributed by atoms with Crippen molar-refractivity contribution >= 4 is 29.1 Å². The van der Waals surface area contributed by atoms with Crippen LogP contribution in [0, 0.1) is 6.92 Å². The number of aromatic nitrogens is 1. The minimum absolute atomic E-state index is 0.144. The topological polar surface area (TPSA) is 71.5 Å². The van der Waals surface area contributed by atoms with E-state index in [0.717, 1.165) is 5.56 Å². The molecule has 1 aromatic heterocycles. The van der Waals surface area contributed by atoms with Crippen LogP contribution in [0.5, 0.6) is 0 Å². The van der Waals surface area contributed by atoms with Gasteiger partial charge < -0.3 is 15.0 Å². The molecule has 1 aliphatic heterocycles. The molecule has 2 aromatic rings. The van der Waals surface area contributed by atoms with Gasteiger partial charge in [-0.05, 0) is 36.8 Å². The maximum Gasteiger partial charge on any atom is 0.254 e. The Morgan fingerprint density at radius 3 is 2.96 bits per heavy atom. The molecule has 1 N–H and O–H groups in total. The fraction of sp³-hybridized carbons (Fsp3) is 0.316. The number of benzene rings is 1. The molecule has 6 nitrogen and oxygen atoms in total. The molecule has 1 saturated heterocycles. The molecule has 2 amide bonds. The third-order valence-corrected chi connectivity index (χ3v) is 4.68. The Morgan fingerprint density at radius 2 is 2.23 bits per heavy atom. The van der Waals surface area contributed by atoms with Crippen LogP contribution in [0.15, 0.2) is 42.7 Å². The molecule has 0 aliphatic carbocycles. The minimum atomic E-state index is -0.326. The highest BCUT2D eigenvalue weighted by molar-refractivity contribution is 6.31. The predicted octanol–water partition coefficient (Wildman–Crippen LogP) is 2.91. The van der Waals surface area contributed by atoms with Crippen molar-refractivity contribution in [3.63, 3.8) is 0 Å². The Hall–Kier alpha value is -2.44. The maximum absolute atomic E-state index is 12.9. The number of amides is 2. The number of carbonyl (C=O) groups excluding carboxylic acids is 2. The van der Waals surface area contributed by atoms with E-state index in [1.165, 1.54) is 0 Å². The van der Waals surface area contributed by atoms with Crippen molar-refractivity contribution in [2.75, 3.05) is 25.1 Å². The van der Waals surface area contributed by atoms with Crippen LogP contribution in [-0.4, -0.2) is 47.5 Å². The standard InChI is InChI=1S/C19H20ClN3O3/c1-13-4-5-14(9-17(13)20)19(25)23-7-8-26-12-16(23)10-18(24)22-15-3-2-6-21-11-15/h2-6,9,11,16H,7-8,10,12H2,1H3,(H,22,24). The fourth-order valence-electron chi connectivity index (χ4n) is 2.85. The Morgan fingerprint density at radius 1 is 1.38 bits per heavy atom. The predicted molar refractivity (Wildman–Crippen MR) is 99.3 cm³/mol. The van der Waals surface area contributed by atoms with Gasteiger partial charge in [0.05, 0.1) is 31.1 Å². The summed E-state index contributed by atoms with van der Waals surface area (Å²) in [4.78, 5) is 30.9. The molecule has 1 aliphatic rings. The summed E-state index contributed by atoms with van der Waals surface area (Å²) in [5.41, 5.74) is 2.05. The largest absolute Gasteiger partial charge is 0.377 e. The molecule has 136 valence electrons. The zero-order valence-electron chi connectivity index (χ0n) is 14.4. The Kier molecular flexibility index (Phi) is 5.85. The summed E-state index contributed by atoms with van der Waals surface area (Å²) in [7, 11) is 0. The lowest BCUT2D eigenvalue weighted by Gasteiger charge is -2.35. The second kappa shape index (κ2) is 8.29. The van der Waals surface area contributed by atoms with Crippen molar-refractivity contribution in [1.82, 2.24) is 9.88 Å². The Bertz CT molecular complexity index is 798. The number of rotatable bonds is 4. The number of aryl methyl sites for hydroxylation is 1. The number of hydrogen-bond acceptors (Lipinski definition) is 4. The molecule has 0 spiro atoms. The van der Waals surface area contributed by atoms with E-state index in [-0.39, 0.29) is 24.3 Å². The summed E-state index contributed by atoms with van der Waals surface area (Å²) >= 11 is 6.14. The van der Waals surface area contributed by atoms with Crippen molar-refractivity contribution in [3.05, 3.63) is 58.9 Å². The Balaban J connectivity index is 1.70. The highest BCUT2D eigenvalue weighted by Crippen LogP contribution is 2.21. The second-order valence-corrected chi connectivity index (χ2v) is 6.59. The van der Waals surface area contributed by atoms with E-state index < -0.39 is 0 Å². The van der Waals surface area contributed by atoms with Gasteiger partial charge in [-0.1, -0.05) is 17.7 Å². The van der Waals surface area contributed by atoms with E-state index >= 15 is 0 Å². The van der Waals surface area contributed by atoms with Gasteiger partial charge in [-0.15, -0.1) is 0 Å². The number of nitrogens with zero attached hydrogens (tertiary/aromatic N) is 2. The normalized spacial score (nSPS) is 17.0. The van der Waals surface area contributed by atoms with Gasteiger partial charge in [0.15, 0.2) is 0 Å². The summed E-state index contributed by atoms with van der Waals surface area (Å²) < 4.78 is 5.48. The van der Waals surface area contributed by atoms with Crippen LogP contribution in [0.1, 0.15) is 22.3 Å². The molecule has 1 fully saturated rings. The van der Waals surface area contributed by atoms with Crippen molar-refractivity contribution in [2.24, 2.45) is 0 Å². The number of halogens is 1. The number of hydrogen-bond donors (Lipinski definition) is 1. The molecule has 3 rings (SSSR count). The first-order valence-corrected chi connectivity index (χ1v) is 8.77. The van der Waals surface area contributed by atoms with Crippen molar-refractivity contribution in [1.29, 1.82) is 0 Å². The number of anilines is 1. The van der Waals surface area contributed by atoms with Gasteiger partial charge in [0.2, 0.25) is 5.91 Å². The molecule has 2 heterocycles. The quantitative estimate of drug-likeness (QED) is 0.894. The Labute approximate surface area is 157 Å². The smallest absolute Gasteiger partial charge is 0.254 e. The molecule has 0 bridgehead atoms. The van der Waals surface area contributed by atoms with Crippen LogP contribution >= 0.6 is 11.6 Å². The van der Waals surface area contributed by atoms with E-state index in [1.807, 2.05) is 13.0 Å². The van der Waals surface area contributed by atoms with Crippen molar-refractivity contribution < 1.29 is 14.3 Å². The second-order valence-electron chi connectivity index (χ2n) is 6.19. The van der Waals surface area contributed by atoms with E-state index in [9.17, 15) is 9.59 Å². The molecular formula is C19H20ClN3O3. The molecule has 1 aromatic carbocycles. The first-order valence-electron chi connectivity index (χ1n) is 8.39. The van der Waals surface area contributed by atoms with Gasteiger partial charge in [-0.25, -0.2) is 0 Å². The average molecular weight is 374 g/mol. The zero-order chi connectivity index (χ0) is 18.5. The number of ether oxygens (including phenoxy) is 1. The van der Waals surface area contributed by atoms with Crippen LogP contribution in [0.4, 0.5) is 5.69 Å². The van der Waals surface area contributed by atoms with Gasteiger partial charge in [0, 0.05) is 29.7 Å². The van der Waals surface area contributed by atoms with E-state index in [2.05, 4.69) is 10.3 Å². The minimum Gasteiger partial charge on any atom is -0.377 e. The van der Waals surface area contributed by atoms with Crippen LogP contribution in [0.25, 0.3) is 0 Å². The SMILES string of the molecule is Cc1ccc(C(=O)N2CCOCC2CC(=O)Nc2cccnc2)cc1Cl. The third-order valence-electron chi connectivity index (χ3n) is 4.27. The lowest BCUT2D eigenvalue weighted by Crippen LogP contribution is -2.50. The lowest BCUT2D eigenvalue weighted by atomic mass is 10.1. The lowest BCUT2D eigenvalue weighted by molar-refractivity contribution is -0.118. The summed E-state index contributed by atoms with van der Waals surface area (Å²) in [5.74, 6) is -0.331. The number of morpholine rings is 1. The third kappa shape index (κ3) is 4.39. The summed E-state index contributed by atoms with van der Waals surface area (Å²) in [6.07, 6.45) is 3.37. The van der Waals surface area contributed by atoms with E-state index in [0.29, 0.717) is 36.0 Å². The summed E-state index contributed by atoms with van der Waals surface area (Å²) in [6, 6.07) is 8.43. The van der Waals surface area contributed by atoms with Crippen LogP contribution < -0.4 is 5.32 Å². The van der Waals surface area contributed by atoms with Crippen LogP contribution in [-0.2, 0) is 9.53 Å². The van der Waals surface area contributed by atoms with E-state index in [4.69, 9.17) is 16.3 Å². The van der Waals surface area contributed by atoms with Gasteiger partial charge in [0.1, 0.15) is 0 Å². The van der Waals surface area contributed by atoms with Crippen LogP contribution in [0.3, 0.4) is 0 Å². The first-order chi connectivity index (χ1) is 12.5. The molecule has 0 radical (unpaired) electrons. The van der Waals surface area contributed by atoms with Gasteiger partial charge in [-0.3, -0.25) is 14.6 Å². The number of carbonyl (C=O) groups is 2. The molecule has 1 unspecified atom stereocenters. The molecule has 26 heavy (non-hydrogen) atoms. The molecule has 0 saturated carbocycles. The van der Waals surface area contributed by atoms with Crippen molar-refractivity contribution in [2.45, 2.75) is 19.4 Å². The number of nitrogens with one attached hydrogen (secondary N) is 1. The van der Waals surface area contributed by atoms with Gasteiger partial charge in [-0.2, -0.15) is 0 Å². The fourth-order valence-corrected chi connectivity index (χ4v) is 3.03. The zero-order valence-corrected chi connectivity index (χ0v) is 15.2. The summed E-state index contributed by atoms with van der Waals surface area (Å²) in [6.45, 7) is 3.10. The van der Waals surface area contributed by atoms with Crippen molar-refractivity contribution in [3.8, 4) is 0 Å². The van der Waals surface area contributed by atoms with Gasteiger partial charge >= 0.3 is 0 Å². The number of pyridine rings is 1. The van der Waals surface area contributed by atoms with E-state index in [1.54, 1.807) is 41.6 Å². The summed E-state index contributed by atoms with van der Waals surface area (Å²) in [5, 5.41) is 3.34. The highest BCUT2D eigenvalue weighted by Gasteiger charge is 2.30. The average Bonchev–Trinajstić information content (AvgIpc) is 2.64. The first kappa shape index (κ1) is 18.4. The molecule has 1 atom stereocenters.